The first-order valence-electron chi connectivity index (χ1n) is 7.87. The van der Waals surface area contributed by atoms with Crippen molar-refractivity contribution >= 4 is 17.6 Å². The number of nitro benzene ring substituents is 1. The van der Waals surface area contributed by atoms with Crippen molar-refractivity contribution in [1.82, 2.24) is 5.32 Å². The van der Waals surface area contributed by atoms with Crippen LogP contribution in [0.4, 0.5) is 5.69 Å². The maximum atomic E-state index is 12.2. The van der Waals surface area contributed by atoms with Crippen LogP contribution in [0.5, 0.6) is 11.5 Å². The molecule has 0 aliphatic rings. The molecule has 0 bridgehead atoms. The summed E-state index contributed by atoms with van der Waals surface area (Å²) in [7, 11) is 2.71. The van der Waals surface area contributed by atoms with Gasteiger partial charge in [-0.15, -0.1) is 0 Å². The summed E-state index contributed by atoms with van der Waals surface area (Å²) in [5.41, 5.74) is -0.474. The molecule has 0 heterocycles. The van der Waals surface area contributed by atoms with Gasteiger partial charge in [0, 0.05) is 17.7 Å². The van der Waals surface area contributed by atoms with Crippen LogP contribution in [0.25, 0.3) is 0 Å². The number of carbonyl (C=O) groups excluding carboxylic acids is 2. The quantitative estimate of drug-likeness (QED) is 0.326. The molecule has 0 atom stereocenters. The Morgan fingerprint density at radius 3 is 2.26 bits per heavy atom. The van der Waals surface area contributed by atoms with E-state index in [2.05, 4.69) is 10.1 Å². The minimum atomic E-state index is -0.768. The Morgan fingerprint density at radius 2 is 1.67 bits per heavy atom. The van der Waals surface area contributed by atoms with E-state index < -0.39 is 16.8 Å². The Morgan fingerprint density at radius 1 is 1.04 bits per heavy atom. The van der Waals surface area contributed by atoms with Crippen LogP contribution in [0, 0.1) is 10.1 Å². The third-order valence-corrected chi connectivity index (χ3v) is 3.53. The number of carbonyl (C=O) groups is 2. The number of nitrogens with zero attached hydrogens (tertiary/aromatic N) is 1. The van der Waals surface area contributed by atoms with Gasteiger partial charge in [-0.05, 0) is 30.3 Å². The molecule has 0 radical (unpaired) electrons. The third kappa shape index (κ3) is 5.43. The number of benzene rings is 2. The van der Waals surface area contributed by atoms with E-state index in [0.717, 1.165) is 19.2 Å². The molecule has 1 N–H and O–H groups in total. The van der Waals surface area contributed by atoms with E-state index in [-0.39, 0.29) is 30.0 Å². The summed E-state index contributed by atoms with van der Waals surface area (Å²) in [4.78, 5) is 34.2. The van der Waals surface area contributed by atoms with E-state index in [0.29, 0.717) is 11.5 Å². The van der Waals surface area contributed by atoms with Gasteiger partial charge < -0.3 is 19.5 Å². The first-order valence-corrected chi connectivity index (χ1v) is 7.87. The van der Waals surface area contributed by atoms with Crippen molar-refractivity contribution in [1.29, 1.82) is 0 Å². The van der Waals surface area contributed by atoms with Crippen LogP contribution in [0.15, 0.2) is 42.5 Å². The van der Waals surface area contributed by atoms with Crippen LogP contribution in [0.2, 0.25) is 0 Å². The highest BCUT2D eigenvalue weighted by Crippen LogP contribution is 2.18. The monoisotopic (exact) mass is 374 g/mol. The van der Waals surface area contributed by atoms with Gasteiger partial charge in [0.25, 0.3) is 11.6 Å². The summed E-state index contributed by atoms with van der Waals surface area (Å²) >= 11 is 0. The molecule has 2 aromatic rings. The lowest BCUT2D eigenvalue weighted by atomic mass is 10.1. The number of hydrogen-bond donors (Lipinski definition) is 1. The van der Waals surface area contributed by atoms with Crippen LogP contribution in [-0.4, -0.2) is 44.2 Å². The Labute approximate surface area is 155 Å². The van der Waals surface area contributed by atoms with Crippen molar-refractivity contribution in [2.75, 3.05) is 27.4 Å². The number of non-ortho nitro benzene ring substituents is 1. The molecule has 2 rings (SSSR count). The summed E-state index contributed by atoms with van der Waals surface area (Å²) in [5.74, 6) is -0.0334. The van der Waals surface area contributed by atoms with E-state index in [1.165, 1.54) is 6.07 Å². The number of rotatable bonds is 8. The minimum absolute atomic E-state index is 0.0194. The number of esters is 1. The molecule has 0 saturated carbocycles. The molecule has 27 heavy (non-hydrogen) atoms. The molecule has 142 valence electrons. The van der Waals surface area contributed by atoms with Crippen LogP contribution in [0.1, 0.15) is 20.7 Å². The smallest absolute Gasteiger partial charge is 0.338 e. The maximum absolute atomic E-state index is 12.2. The topological polar surface area (TPSA) is 117 Å². The number of methoxy groups -OCH3 is 2. The highest BCUT2D eigenvalue weighted by molar-refractivity contribution is 5.98. The zero-order chi connectivity index (χ0) is 19.8. The lowest BCUT2D eigenvalue weighted by Crippen LogP contribution is -2.28. The van der Waals surface area contributed by atoms with Crippen LogP contribution in [0.3, 0.4) is 0 Å². The van der Waals surface area contributed by atoms with Crippen LogP contribution < -0.4 is 14.8 Å². The number of amides is 1. The van der Waals surface area contributed by atoms with Crippen molar-refractivity contribution in [2.24, 2.45) is 0 Å². The molecule has 0 aliphatic heterocycles. The summed E-state index contributed by atoms with van der Waals surface area (Å²) in [6.07, 6.45) is 0. The third-order valence-electron chi connectivity index (χ3n) is 3.53. The molecule has 9 nitrogen and oxygen atoms in total. The second-order valence-electron chi connectivity index (χ2n) is 5.30. The Hall–Kier alpha value is -3.62. The molecule has 0 aromatic heterocycles. The Balaban J connectivity index is 1.97. The van der Waals surface area contributed by atoms with Gasteiger partial charge in [0.05, 0.1) is 31.3 Å². The van der Waals surface area contributed by atoms with Gasteiger partial charge in [-0.25, -0.2) is 4.79 Å². The highest BCUT2D eigenvalue weighted by atomic mass is 16.6. The summed E-state index contributed by atoms with van der Waals surface area (Å²) in [6.45, 7) is 0.359. The van der Waals surface area contributed by atoms with E-state index in [1.54, 1.807) is 31.4 Å². The van der Waals surface area contributed by atoms with Gasteiger partial charge in [-0.1, -0.05) is 0 Å². The molecule has 9 heteroatoms. The fraction of sp³-hybridized carbons (Fsp3) is 0.222. The van der Waals surface area contributed by atoms with Gasteiger partial charge in [-0.3, -0.25) is 14.9 Å². The van der Waals surface area contributed by atoms with E-state index in [9.17, 15) is 19.7 Å². The van der Waals surface area contributed by atoms with Gasteiger partial charge in [0.1, 0.15) is 18.1 Å². The largest absolute Gasteiger partial charge is 0.497 e. The van der Waals surface area contributed by atoms with Crippen molar-refractivity contribution in [3.05, 3.63) is 63.7 Å². The van der Waals surface area contributed by atoms with E-state index in [1.807, 2.05) is 0 Å². The lowest BCUT2D eigenvalue weighted by molar-refractivity contribution is -0.384. The minimum Gasteiger partial charge on any atom is -0.497 e. The van der Waals surface area contributed by atoms with Crippen molar-refractivity contribution in [2.45, 2.75) is 0 Å². The predicted octanol–water partition coefficient (Wildman–Crippen LogP) is 2.20. The average molecular weight is 374 g/mol. The highest BCUT2D eigenvalue weighted by Gasteiger charge is 2.18. The molecule has 1 amide bonds. The van der Waals surface area contributed by atoms with Crippen molar-refractivity contribution < 1.29 is 28.7 Å². The Bertz CT molecular complexity index is 834. The van der Waals surface area contributed by atoms with Crippen molar-refractivity contribution in [3.63, 3.8) is 0 Å². The van der Waals surface area contributed by atoms with Gasteiger partial charge in [0.2, 0.25) is 0 Å². The molecule has 0 spiro atoms. The summed E-state index contributed by atoms with van der Waals surface area (Å²) < 4.78 is 15.1. The van der Waals surface area contributed by atoms with Gasteiger partial charge in [-0.2, -0.15) is 0 Å². The van der Waals surface area contributed by atoms with Crippen molar-refractivity contribution in [3.8, 4) is 11.5 Å². The van der Waals surface area contributed by atoms with Gasteiger partial charge in [0.15, 0.2) is 0 Å². The summed E-state index contributed by atoms with van der Waals surface area (Å²) in [5, 5.41) is 13.6. The zero-order valence-corrected chi connectivity index (χ0v) is 14.8. The molecular formula is C18H18N2O7. The maximum Gasteiger partial charge on any atom is 0.338 e. The number of nitro groups is 1. The number of hydrogen-bond acceptors (Lipinski definition) is 7. The van der Waals surface area contributed by atoms with Crippen LogP contribution >= 0.6 is 0 Å². The average Bonchev–Trinajstić information content (AvgIpc) is 2.70. The first kappa shape index (κ1) is 19.7. The zero-order valence-electron chi connectivity index (χ0n) is 14.8. The van der Waals surface area contributed by atoms with Crippen LogP contribution in [-0.2, 0) is 4.74 Å². The standard InChI is InChI=1S/C18H18N2O7/c1-25-15-3-5-16(6-4-15)27-8-7-19-17(21)12-9-13(18(22)26-2)11-14(10-12)20(23)24/h3-6,9-11H,7-8H2,1-2H3,(H,19,21). The lowest BCUT2D eigenvalue weighted by Gasteiger charge is -2.09. The fourth-order valence-corrected chi connectivity index (χ4v) is 2.19. The second kappa shape index (κ2) is 9.18. The molecular weight excluding hydrogens is 356 g/mol. The van der Waals surface area contributed by atoms with Gasteiger partial charge >= 0.3 is 5.97 Å². The number of ether oxygens (including phenoxy) is 3. The first-order chi connectivity index (χ1) is 12.9. The molecule has 0 fully saturated rings. The SMILES string of the molecule is COC(=O)c1cc(C(=O)NCCOc2ccc(OC)cc2)cc([N+](=O)[O-])c1. The normalized spacial score (nSPS) is 10.0. The van der Waals surface area contributed by atoms with E-state index >= 15 is 0 Å². The molecule has 0 unspecified atom stereocenters. The fourth-order valence-electron chi connectivity index (χ4n) is 2.19. The molecule has 0 aliphatic carbocycles. The second-order valence-corrected chi connectivity index (χ2v) is 5.30. The summed E-state index contributed by atoms with van der Waals surface area (Å²) in [6, 6.07) is 10.3. The molecule has 2 aromatic carbocycles. The molecule has 0 saturated heterocycles. The number of nitrogens with one attached hydrogen (secondary N) is 1. The predicted molar refractivity (Wildman–Crippen MR) is 95.3 cm³/mol. The Kier molecular flexibility index (Phi) is 6.70. The van der Waals surface area contributed by atoms with E-state index in [4.69, 9.17) is 9.47 Å².